The number of ether oxygens (including phenoxy) is 1. The lowest BCUT2D eigenvalue weighted by molar-refractivity contribution is -0.131. The van der Waals surface area contributed by atoms with Gasteiger partial charge in [-0.25, -0.2) is 4.39 Å². The van der Waals surface area contributed by atoms with E-state index >= 15 is 0 Å². The van der Waals surface area contributed by atoms with Crippen LogP contribution in [0.2, 0.25) is 0 Å². The van der Waals surface area contributed by atoms with Gasteiger partial charge in [0.1, 0.15) is 11.9 Å². The van der Waals surface area contributed by atoms with Crippen LogP contribution in [0.5, 0.6) is 0 Å². The molecular formula is C17H14BrFO2. The second-order valence-electron chi connectivity index (χ2n) is 5.08. The van der Waals surface area contributed by atoms with Crippen LogP contribution >= 0.6 is 15.9 Å². The molecule has 2 aromatic carbocycles. The number of benzene rings is 2. The summed E-state index contributed by atoms with van der Waals surface area (Å²) in [6.07, 6.45) is 0.253. The summed E-state index contributed by atoms with van der Waals surface area (Å²) in [4.78, 5) is 12.5. The molecule has 0 saturated carbocycles. The van der Waals surface area contributed by atoms with Crippen LogP contribution in [0, 0.1) is 5.82 Å². The van der Waals surface area contributed by atoms with Crippen molar-refractivity contribution in [1.29, 1.82) is 0 Å². The van der Waals surface area contributed by atoms with E-state index in [1.54, 1.807) is 12.1 Å². The summed E-state index contributed by atoms with van der Waals surface area (Å²) in [7, 11) is 0. The molecule has 1 heterocycles. The molecule has 0 bridgehead atoms. The Morgan fingerprint density at radius 1 is 1.29 bits per heavy atom. The summed E-state index contributed by atoms with van der Waals surface area (Å²) in [5.41, 5.74) is 2.43. The summed E-state index contributed by atoms with van der Waals surface area (Å²) in [5.74, 6) is -0.477. The largest absolute Gasteiger partial charge is 0.365 e. The fraction of sp³-hybridized carbons (Fsp3) is 0.235. The van der Waals surface area contributed by atoms with Crippen LogP contribution in [0.25, 0.3) is 0 Å². The summed E-state index contributed by atoms with van der Waals surface area (Å²) in [6, 6.07) is 12.4. The minimum Gasteiger partial charge on any atom is -0.365 e. The Labute approximate surface area is 131 Å². The number of fused-ring (bicyclic) bond motifs is 1. The Kier molecular flexibility index (Phi) is 4.17. The number of hydrogen-bond acceptors (Lipinski definition) is 2. The van der Waals surface area contributed by atoms with Crippen molar-refractivity contribution in [3.63, 3.8) is 0 Å². The number of carbonyl (C=O) groups is 1. The van der Waals surface area contributed by atoms with Crippen molar-refractivity contribution in [1.82, 2.24) is 0 Å². The third kappa shape index (κ3) is 3.06. The van der Waals surface area contributed by atoms with Gasteiger partial charge in [0.2, 0.25) is 0 Å². The molecule has 1 unspecified atom stereocenters. The molecule has 0 amide bonds. The number of hydrogen-bond donors (Lipinski definition) is 0. The molecule has 2 aromatic rings. The molecule has 0 fully saturated rings. The first-order valence-corrected chi connectivity index (χ1v) is 7.60. The maximum Gasteiger partial charge on any atom is 0.170 e. The Morgan fingerprint density at radius 3 is 2.95 bits per heavy atom. The van der Waals surface area contributed by atoms with E-state index in [0.717, 1.165) is 22.0 Å². The summed E-state index contributed by atoms with van der Waals surface area (Å²) in [6.45, 7) is 0.522. The minimum absolute atomic E-state index is 0.0320. The highest BCUT2D eigenvalue weighted by Gasteiger charge is 2.27. The van der Waals surface area contributed by atoms with E-state index in [1.807, 2.05) is 24.3 Å². The van der Waals surface area contributed by atoms with Crippen LogP contribution in [0.3, 0.4) is 0 Å². The summed E-state index contributed by atoms with van der Waals surface area (Å²) >= 11 is 3.30. The molecule has 0 radical (unpaired) electrons. The number of halogens is 2. The quantitative estimate of drug-likeness (QED) is 0.837. The monoisotopic (exact) mass is 348 g/mol. The van der Waals surface area contributed by atoms with Gasteiger partial charge in [-0.05, 0) is 41.3 Å². The zero-order valence-corrected chi connectivity index (χ0v) is 12.9. The van der Waals surface area contributed by atoms with Gasteiger partial charge in [0.25, 0.3) is 0 Å². The zero-order valence-electron chi connectivity index (χ0n) is 11.3. The lowest BCUT2D eigenvalue weighted by Gasteiger charge is -2.25. The van der Waals surface area contributed by atoms with Crippen molar-refractivity contribution >= 4 is 21.7 Å². The highest BCUT2D eigenvalue weighted by atomic mass is 79.9. The molecule has 0 spiro atoms. The van der Waals surface area contributed by atoms with Crippen LogP contribution in [0.4, 0.5) is 4.39 Å². The molecule has 4 heteroatoms. The number of ketones is 1. The highest BCUT2D eigenvalue weighted by Crippen LogP contribution is 2.29. The molecule has 1 aliphatic rings. The average Bonchev–Trinajstić information content (AvgIpc) is 2.50. The molecule has 0 N–H and O–H groups in total. The number of rotatable bonds is 3. The second-order valence-corrected chi connectivity index (χ2v) is 5.99. The Balaban J connectivity index is 1.85. The molecule has 2 nitrogen and oxygen atoms in total. The van der Waals surface area contributed by atoms with Crippen molar-refractivity contribution < 1.29 is 13.9 Å². The highest BCUT2D eigenvalue weighted by molar-refractivity contribution is 9.10. The fourth-order valence-corrected chi connectivity index (χ4v) is 3.03. The predicted molar refractivity (Wildman–Crippen MR) is 81.7 cm³/mol. The SMILES string of the molecule is O=C(Cc1cc(Br)ccc1F)C1OCCc2ccccc21. The van der Waals surface area contributed by atoms with Gasteiger partial charge in [0.05, 0.1) is 6.61 Å². The number of carbonyl (C=O) groups excluding carboxylic acids is 1. The first kappa shape index (κ1) is 14.4. The summed E-state index contributed by atoms with van der Waals surface area (Å²) < 4.78 is 20.2. The molecule has 1 atom stereocenters. The van der Waals surface area contributed by atoms with Crippen molar-refractivity contribution in [2.24, 2.45) is 0 Å². The van der Waals surface area contributed by atoms with E-state index in [9.17, 15) is 9.18 Å². The van der Waals surface area contributed by atoms with E-state index in [2.05, 4.69) is 15.9 Å². The van der Waals surface area contributed by atoms with E-state index in [-0.39, 0.29) is 18.0 Å². The first-order valence-electron chi connectivity index (χ1n) is 6.81. The van der Waals surface area contributed by atoms with Gasteiger partial charge in [-0.1, -0.05) is 40.2 Å². The molecule has 0 saturated heterocycles. The Hall–Kier alpha value is -1.52. The molecule has 1 aliphatic heterocycles. The normalized spacial score (nSPS) is 17.3. The van der Waals surface area contributed by atoms with Gasteiger partial charge in [0.15, 0.2) is 5.78 Å². The molecule has 0 aliphatic carbocycles. The van der Waals surface area contributed by atoms with Gasteiger partial charge in [-0.3, -0.25) is 4.79 Å². The molecule has 108 valence electrons. The third-order valence-corrected chi connectivity index (χ3v) is 4.15. The topological polar surface area (TPSA) is 26.3 Å². The van der Waals surface area contributed by atoms with E-state index in [0.29, 0.717) is 12.2 Å². The van der Waals surface area contributed by atoms with E-state index in [4.69, 9.17) is 4.74 Å². The maximum atomic E-state index is 13.8. The Bertz CT molecular complexity index is 684. The van der Waals surface area contributed by atoms with Gasteiger partial charge in [-0.2, -0.15) is 0 Å². The van der Waals surface area contributed by atoms with Crippen LogP contribution in [0.1, 0.15) is 22.8 Å². The van der Waals surface area contributed by atoms with E-state index in [1.165, 1.54) is 6.07 Å². The third-order valence-electron chi connectivity index (χ3n) is 3.66. The number of Topliss-reactive ketones (excluding diaryl/α,β-unsaturated/α-hetero) is 1. The van der Waals surface area contributed by atoms with Gasteiger partial charge in [-0.15, -0.1) is 0 Å². The molecular weight excluding hydrogens is 335 g/mol. The van der Waals surface area contributed by atoms with E-state index < -0.39 is 6.10 Å². The van der Waals surface area contributed by atoms with Crippen LogP contribution < -0.4 is 0 Å². The van der Waals surface area contributed by atoms with Crippen LogP contribution in [-0.4, -0.2) is 12.4 Å². The van der Waals surface area contributed by atoms with Crippen molar-refractivity contribution in [2.45, 2.75) is 18.9 Å². The molecule has 3 rings (SSSR count). The van der Waals surface area contributed by atoms with Crippen molar-refractivity contribution in [2.75, 3.05) is 6.61 Å². The smallest absolute Gasteiger partial charge is 0.170 e. The van der Waals surface area contributed by atoms with Crippen LogP contribution in [0.15, 0.2) is 46.9 Å². The lowest BCUT2D eigenvalue weighted by atomic mass is 9.93. The summed E-state index contributed by atoms with van der Waals surface area (Å²) in [5, 5.41) is 0. The standard InChI is InChI=1S/C17H14BrFO2/c18-13-5-6-15(19)12(9-13)10-16(20)17-14-4-2-1-3-11(14)7-8-21-17/h1-6,9,17H,7-8,10H2. The van der Waals surface area contributed by atoms with Gasteiger partial charge < -0.3 is 4.74 Å². The first-order chi connectivity index (χ1) is 10.1. The maximum absolute atomic E-state index is 13.8. The van der Waals surface area contributed by atoms with Crippen molar-refractivity contribution in [3.05, 3.63) is 69.4 Å². The van der Waals surface area contributed by atoms with Gasteiger partial charge >= 0.3 is 0 Å². The average molecular weight is 349 g/mol. The zero-order chi connectivity index (χ0) is 14.8. The fourth-order valence-electron chi connectivity index (χ4n) is 2.62. The predicted octanol–water partition coefficient (Wildman–Crippen LogP) is 4.01. The molecule has 0 aromatic heterocycles. The lowest BCUT2D eigenvalue weighted by Crippen LogP contribution is -2.24. The van der Waals surface area contributed by atoms with Gasteiger partial charge in [0, 0.05) is 10.9 Å². The second kappa shape index (κ2) is 6.08. The van der Waals surface area contributed by atoms with Crippen molar-refractivity contribution in [3.8, 4) is 0 Å². The van der Waals surface area contributed by atoms with Crippen LogP contribution in [-0.2, 0) is 22.4 Å². The molecule has 21 heavy (non-hydrogen) atoms. The Morgan fingerprint density at radius 2 is 2.10 bits per heavy atom. The minimum atomic E-state index is -0.590.